The molecule has 0 bridgehead atoms. The molecule has 3 aromatic rings. The maximum absolute atomic E-state index is 11.6. The number of hydrogen-bond donors (Lipinski definition) is 1. The number of hydrogen-bond acceptors (Lipinski definition) is 4. The number of carboxylic acid groups (broad SMARTS) is 1. The van der Waals surface area contributed by atoms with Gasteiger partial charge in [0, 0.05) is 17.0 Å². The van der Waals surface area contributed by atoms with Crippen LogP contribution >= 0.6 is 0 Å². The minimum absolute atomic E-state index is 0.0394. The Morgan fingerprint density at radius 2 is 1.83 bits per heavy atom. The molecule has 0 spiro atoms. The number of carboxylic acids is 1. The normalized spacial score (nSPS) is 10.5. The molecule has 120 valence electrons. The molecule has 6 heteroatoms. The number of fused-ring (bicyclic) bond motifs is 1. The highest BCUT2D eigenvalue weighted by atomic mass is 16.6. The van der Waals surface area contributed by atoms with Crippen LogP contribution in [0.25, 0.3) is 21.9 Å². The summed E-state index contributed by atoms with van der Waals surface area (Å²) in [5.74, 6) is -0.825. The van der Waals surface area contributed by atoms with Crippen molar-refractivity contribution in [2.75, 3.05) is 7.11 Å². The maximum Gasteiger partial charge on any atom is 0.336 e. The monoisotopic (exact) mass is 323 g/mol. The molecule has 0 aliphatic heterocycles. The smallest absolute Gasteiger partial charge is 0.336 e. The van der Waals surface area contributed by atoms with E-state index >= 15 is 0 Å². The Bertz CT molecular complexity index is 933. The van der Waals surface area contributed by atoms with Gasteiger partial charge in [0.25, 0.3) is 5.69 Å². The molecule has 6 nitrogen and oxygen atoms in total. The van der Waals surface area contributed by atoms with Crippen molar-refractivity contribution in [3.8, 4) is 16.9 Å². The van der Waals surface area contributed by atoms with Crippen molar-refractivity contribution in [1.29, 1.82) is 0 Å². The molecular formula is C18H13NO5. The minimum atomic E-state index is -1.23. The minimum Gasteiger partial charge on any atom is -0.495 e. The van der Waals surface area contributed by atoms with E-state index in [9.17, 15) is 20.0 Å². The van der Waals surface area contributed by atoms with Crippen LogP contribution < -0.4 is 4.74 Å². The molecular weight excluding hydrogens is 310 g/mol. The van der Waals surface area contributed by atoms with Crippen molar-refractivity contribution in [2.24, 2.45) is 0 Å². The van der Waals surface area contributed by atoms with Crippen LogP contribution in [0.3, 0.4) is 0 Å². The summed E-state index contributed by atoms with van der Waals surface area (Å²) in [4.78, 5) is 22.4. The predicted octanol–water partition coefficient (Wildman–Crippen LogP) is 4.12. The average Bonchev–Trinajstić information content (AvgIpc) is 2.59. The second-order valence-electron chi connectivity index (χ2n) is 5.13. The summed E-state index contributed by atoms with van der Waals surface area (Å²) in [6, 6.07) is 14.8. The summed E-state index contributed by atoms with van der Waals surface area (Å²) < 4.78 is 5.47. The number of methoxy groups -OCH3 is 1. The maximum atomic E-state index is 11.6. The highest BCUT2D eigenvalue weighted by Crippen LogP contribution is 2.42. The first-order chi connectivity index (χ1) is 11.5. The molecule has 3 aromatic carbocycles. The highest BCUT2D eigenvalue weighted by Gasteiger charge is 2.25. The number of aromatic carboxylic acids is 1. The van der Waals surface area contributed by atoms with Crippen molar-refractivity contribution in [3.05, 3.63) is 70.3 Å². The van der Waals surface area contributed by atoms with E-state index in [0.29, 0.717) is 11.3 Å². The second-order valence-corrected chi connectivity index (χ2v) is 5.13. The van der Waals surface area contributed by atoms with Crippen LogP contribution in [0.5, 0.6) is 5.75 Å². The highest BCUT2D eigenvalue weighted by molar-refractivity contribution is 6.03. The summed E-state index contributed by atoms with van der Waals surface area (Å²) in [5, 5.41) is 22.5. The van der Waals surface area contributed by atoms with Gasteiger partial charge < -0.3 is 9.84 Å². The van der Waals surface area contributed by atoms with Crippen LogP contribution in [0.1, 0.15) is 10.4 Å². The van der Waals surface area contributed by atoms with Gasteiger partial charge in [-0.05, 0) is 17.5 Å². The van der Waals surface area contributed by atoms with E-state index < -0.39 is 10.9 Å². The number of carbonyl (C=O) groups is 1. The van der Waals surface area contributed by atoms with Crippen LogP contribution in [0.15, 0.2) is 54.6 Å². The molecule has 0 fully saturated rings. The van der Waals surface area contributed by atoms with Crippen LogP contribution in [-0.2, 0) is 0 Å². The molecule has 0 aromatic heterocycles. The Hall–Kier alpha value is -3.41. The lowest BCUT2D eigenvalue weighted by atomic mass is 9.94. The van der Waals surface area contributed by atoms with E-state index in [1.807, 2.05) is 24.3 Å². The van der Waals surface area contributed by atoms with Crippen LogP contribution in [0.4, 0.5) is 5.69 Å². The largest absolute Gasteiger partial charge is 0.495 e. The van der Waals surface area contributed by atoms with Crippen molar-refractivity contribution in [2.45, 2.75) is 0 Å². The molecule has 0 aliphatic carbocycles. The van der Waals surface area contributed by atoms with Gasteiger partial charge in [0.05, 0.1) is 23.2 Å². The first-order valence-corrected chi connectivity index (χ1v) is 7.11. The van der Waals surface area contributed by atoms with Crippen molar-refractivity contribution >= 4 is 22.4 Å². The van der Waals surface area contributed by atoms with E-state index in [4.69, 9.17) is 4.74 Å². The van der Waals surface area contributed by atoms with Gasteiger partial charge in [-0.2, -0.15) is 0 Å². The zero-order chi connectivity index (χ0) is 17.3. The SMILES string of the molecule is COc1c(-c2c(C(=O)O)cccc2[N+](=O)[O-])ccc2ccccc12. The number of nitrogens with zero attached hydrogens (tertiary/aromatic N) is 1. The van der Waals surface area contributed by atoms with E-state index in [-0.39, 0.29) is 16.8 Å². The van der Waals surface area contributed by atoms with Crippen LogP contribution in [-0.4, -0.2) is 23.1 Å². The van der Waals surface area contributed by atoms with Crippen molar-refractivity contribution < 1.29 is 19.6 Å². The summed E-state index contributed by atoms with van der Waals surface area (Å²) >= 11 is 0. The molecule has 0 atom stereocenters. The van der Waals surface area contributed by atoms with Crippen molar-refractivity contribution in [3.63, 3.8) is 0 Å². The molecule has 1 N–H and O–H groups in total. The van der Waals surface area contributed by atoms with E-state index in [1.165, 1.54) is 25.3 Å². The Kier molecular flexibility index (Phi) is 3.87. The lowest BCUT2D eigenvalue weighted by Gasteiger charge is -2.14. The van der Waals surface area contributed by atoms with Crippen LogP contribution in [0.2, 0.25) is 0 Å². The van der Waals surface area contributed by atoms with Gasteiger partial charge in [0.2, 0.25) is 0 Å². The number of benzene rings is 3. The quantitative estimate of drug-likeness (QED) is 0.576. The third-order valence-electron chi connectivity index (χ3n) is 3.82. The zero-order valence-corrected chi connectivity index (χ0v) is 12.7. The fourth-order valence-corrected chi connectivity index (χ4v) is 2.81. The van der Waals surface area contributed by atoms with E-state index in [2.05, 4.69) is 0 Å². The summed E-state index contributed by atoms with van der Waals surface area (Å²) in [6.45, 7) is 0. The molecule has 0 amide bonds. The van der Waals surface area contributed by atoms with E-state index in [1.54, 1.807) is 12.1 Å². The lowest BCUT2D eigenvalue weighted by molar-refractivity contribution is -0.384. The van der Waals surface area contributed by atoms with Gasteiger partial charge in [-0.1, -0.05) is 36.4 Å². The number of rotatable bonds is 4. The Morgan fingerprint density at radius 1 is 1.08 bits per heavy atom. The molecule has 3 rings (SSSR count). The molecule has 0 aliphatic rings. The molecule has 0 heterocycles. The predicted molar refractivity (Wildman–Crippen MR) is 89.5 cm³/mol. The Morgan fingerprint density at radius 3 is 2.50 bits per heavy atom. The van der Waals surface area contributed by atoms with Crippen molar-refractivity contribution in [1.82, 2.24) is 0 Å². The standard InChI is InChI=1S/C18H13NO5/c1-24-17-12-6-3-2-5-11(12)9-10-13(17)16-14(18(20)21)7-4-8-15(16)19(22)23/h2-10H,1H3,(H,20,21). The topological polar surface area (TPSA) is 89.7 Å². The first kappa shape index (κ1) is 15.5. The fourth-order valence-electron chi connectivity index (χ4n) is 2.81. The van der Waals surface area contributed by atoms with Gasteiger partial charge in [0.15, 0.2) is 0 Å². The fraction of sp³-hybridized carbons (Fsp3) is 0.0556. The summed E-state index contributed by atoms with van der Waals surface area (Å²) in [5.41, 5.74) is -0.000217. The van der Waals surface area contributed by atoms with Gasteiger partial charge in [-0.3, -0.25) is 10.1 Å². The van der Waals surface area contributed by atoms with Crippen LogP contribution in [0, 0.1) is 10.1 Å². The molecule has 0 saturated heterocycles. The Labute approximate surface area is 137 Å². The summed E-state index contributed by atoms with van der Waals surface area (Å²) in [6.07, 6.45) is 0. The third-order valence-corrected chi connectivity index (χ3v) is 3.82. The molecule has 24 heavy (non-hydrogen) atoms. The zero-order valence-electron chi connectivity index (χ0n) is 12.7. The number of nitro groups is 1. The lowest BCUT2D eigenvalue weighted by Crippen LogP contribution is -2.04. The third kappa shape index (κ3) is 2.44. The van der Waals surface area contributed by atoms with Gasteiger partial charge in [0.1, 0.15) is 5.75 Å². The summed E-state index contributed by atoms with van der Waals surface area (Å²) in [7, 11) is 1.46. The molecule has 0 saturated carbocycles. The molecule has 0 radical (unpaired) electrons. The number of ether oxygens (including phenoxy) is 1. The number of nitro benzene ring substituents is 1. The van der Waals surface area contributed by atoms with E-state index in [0.717, 1.165) is 10.8 Å². The van der Waals surface area contributed by atoms with Gasteiger partial charge >= 0.3 is 5.97 Å². The van der Waals surface area contributed by atoms with Gasteiger partial charge in [-0.25, -0.2) is 4.79 Å². The average molecular weight is 323 g/mol. The second kappa shape index (κ2) is 6.00. The Balaban J connectivity index is 2.43. The first-order valence-electron chi connectivity index (χ1n) is 7.11. The van der Waals surface area contributed by atoms with Gasteiger partial charge in [-0.15, -0.1) is 0 Å². The molecule has 0 unspecified atom stereocenters.